The average molecular weight is 423 g/mol. The van der Waals surface area contributed by atoms with Gasteiger partial charge >= 0.3 is 35.0 Å². The average Bonchev–Trinajstić information content (AvgIpc) is 2.72. The Bertz CT molecular complexity index is 854. The van der Waals surface area contributed by atoms with Crippen LogP contribution < -0.4 is 17.1 Å². The number of hydrogen-bond donors (Lipinski definition) is 0. The number of rotatable bonds is 12. The third kappa shape index (κ3) is 6.58. The Morgan fingerprint density at radius 3 is 1.03 bits per heavy atom. The van der Waals surface area contributed by atoms with Crippen molar-refractivity contribution < 1.29 is 28.6 Å². The second kappa shape index (κ2) is 11.8. The number of carbonyl (C=O) groups excluding carboxylic acids is 3. The predicted molar refractivity (Wildman–Crippen MR) is 103 cm³/mol. The summed E-state index contributed by atoms with van der Waals surface area (Å²) in [5, 5.41) is 0. The molecule has 1 aromatic heterocycles. The highest BCUT2D eigenvalue weighted by Crippen LogP contribution is 1.88. The monoisotopic (exact) mass is 423 g/mol. The van der Waals surface area contributed by atoms with Gasteiger partial charge in [0.2, 0.25) is 0 Å². The van der Waals surface area contributed by atoms with Gasteiger partial charge < -0.3 is 14.2 Å². The van der Waals surface area contributed by atoms with Crippen molar-refractivity contribution in [1.82, 2.24) is 13.7 Å². The first-order valence-corrected chi connectivity index (χ1v) is 8.50. The second-order valence-corrected chi connectivity index (χ2v) is 5.52. The minimum absolute atomic E-state index is 0.177. The summed E-state index contributed by atoms with van der Waals surface area (Å²) in [7, 11) is 0. The highest BCUT2D eigenvalue weighted by Gasteiger charge is 2.21. The topological polar surface area (TPSA) is 145 Å². The van der Waals surface area contributed by atoms with Crippen molar-refractivity contribution in [2.75, 3.05) is 19.8 Å². The molecule has 0 bridgehead atoms. The molecule has 12 heteroatoms. The predicted octanol–water partition coefficient (Wildman–Crippen LogP) is -1.64. The molecule has 0 spiro atoms. The van der Waals surface area contributed by atoms with Crippen molar-refractivity contribution in [3.05, 3.63) is 69.4 Å². The summed E-state index contributed by atoms with van der Waals surface area (Å²) >= 11 is 0. The molecule has 0 N–H and O–H groups in total. The SMILES string of the molecule is C=CCOC(=O)Cn1c(=O)n(CC(=O)OCC=C)c(=O)n(CC(=O)OCC=C)c1=O. The fourth-order valence-electron chi connectivity index (χ4n) is 2.07. The summed E-state index contributed by atoms with van der Waals surface area (Å²) in [6.07, 6.45) is 3.81. The summed E-state index contributed by atoms with van der Waals surface area (Å²) in [6.45, 7) is 6.94. The summed E-state index contributed by atoms with van der Waals surface area (Å²) < 4.78 is 15.2. The highest BCUT2D eigenvalue weighted by molar-refractivity contribution is 5.70. The minimum Gasteiger partial charge on any atom is -0.460 e. The fourth-order valence-corrected chi connectivity index (χ4v) is 2.07. The van der Waals surface area contributed by atoms with Crippen molar-refractivity contribution in [3.8, 4) is 0 Å². The molecule has 0 aliphatic heterocycles. The van der Waals surface area contributed by atoms with E-state index in [0.29, 0.717) is 13.7 Å². The van der Waals surface area contributed by atoms with Crippen LogP contribution in [0, 0.1) is 0 Å². The van der Waals surface area contributed by atoms with E-state index in [0.717, 1.165) is 0 Å². The molecule has 0 aliphatic rings. The molecule has 1 aromatic rings. The Hall–Kier alpha value is -3.96. The van der Waals surface area contributed by atoms with Crippen molar-refractivity contribution in [1.29, 1.82) is 0 Å². The van der Waals surface area contributed by atoms with Gasteiger partial charge in [-0.25, -0.2) is 28.1 Å². The Morgan fingerprint density at radius 2 is 0.833 bits per heavy atom. The highest BCUT2D eigenvalue weighted by atomic mass is 16.5. The number of esters is 3. The zero-order valence-corrected chi connectivity index (χ0v) is 16.1. The summed E-state index contributed by atoms with van der Waals surface area (Å²) in [6, 6.07) is 0. The molecule has 30 heavy (non-hydrogen) atoms. The van der Waals surface area contributed by atoms with Gasteiger partial charge in [-0.2, -0.15) is 0 Å². The smallest absolute Gasteiger partial charge is 0.337 e. The Kier molecular flexibility index (Phi) is 9.46. The number of ether oxygens (including phenoxy) is 3. The Balaban J connectivity index is 3.45. The first-order valence-electron chi connectivity index (χ1n) is 8.50. The van der Waals surface area contributed by atoms with E-state index in [9.17, 15) is 28.8 Å². The zero-order chi connectivity index (χ0) is 22.7. The van der Waals surface area contributed by atoms with E-state index < -0.39 is 54.6 Å². The van der Waals surface area contributed by atoms with Crippen molar-refractivity contribution >= 4 is 17.9 Å². The van der Waals surface area contributed by atoms with E-state index in [1.54, 1.807) is 0 Å². The number of hydrogen-bond acceptors (Lipinski definition) is 9. The molecule has 0 atom stereocenters. The van der Waals surface area contributed by atoms with Crippen LogP contribution in [0.25, 0.3) is 0 Å². The maximum Gasteiger partial charge on any atom is 0.337 e. The quantitative estimate of drug-likeness (QED) is 0.219. The third-order valence-corrected chi connectivity index (χ3v) is 3.33. The van der Waals surface area contributed by atoms with Gasteiger partial charge in [-0.3, -0.25) is 14.4 Å². The van der Waals surface area contributed by atoms with E-state index in [2.05, 4.69) is 19.7 Å². The molecule has 0 aliphatic carbocycles. The normalized spacial score (nSPS) is 10.0. The van der Waals surface area contributed by atoms with Crippen LogP contribution in [0.5, 0.6) is 0 Å². The van der Waals surface area contributed by atoms with Crippen LogP contribution in [-0.4, -0.2) is 51.4 Å². The summed E-state index contributed by atoms with van der Waals surface area (Å²) in [4.78, 5) is 73.2. The number of aromatic nitrogens is 3. The zero-order valence-electron chi connectivity index (χ0n) is 16.1. The Labute approximate surface area is 169 Å². The number of carbonyl (C=O) groups is 3. The van der Waals surface area contributed by atoms with Crippen LogP contribution in [0.4, 0.5) is 0 Å². The van der Waals surface area contributed by atoms with E-state index in [4.69, 9.17) is 14.2 Å². The van der Waals surface area contributed by atoms with Gasteiger partial charge in [0.1, 0.15) is 39.5 Å². The standard InChI is InChI=1S/C18H21N3O9/c1-4-7-28-13(22)10-19-16(25)20(11-14(23)29-8-5-2)18(27)21(17(19)26)12-15(24)30-9-6-3/h4-6H,1-3,7-12H2. The van der Waals surface area contributed by atoms with Gasteiger partial charge in [-0.1, -0.05) is 38.0 Å². The molecule has 0 amide bonds. The van der Waals surface area contributed by atoms with Gasteiger partial charge in [-0.15, -0.1) is 0 Å². The largest absolute Gasteiger partial charge is 0.460 e. The molecular weight excluding hydrogens is 402 g/mol. The fraction of sp³-hybridized carbons (Fsp3) is 0.333. The summed E-state index contributed by atoms with van der Waals surface area (Å²) in [5.74, 6) is -2.93. The van der Waals surface area contributed by atoms with Crippen LogP contribution >= 0.6 is 0 Å². The van der Waals surface area contributed by atoms with Crippen molar-refractivity contribution in [2.24, 2.45) is 0 Å². The minimum atomic E-state index is -1.26. The lowest BCUT2D eigenvalue weighted by Crippen LogP contribution is -2.56. The third-order valence-electron chi connectivity index (χ3n) is 3.33. The van der Waals surface area contributed by atoms with Crippen LogP contribution in [0.1, 0.15) is 0 Å². The van der Waals surface area contributed by atoms with Gasteiger partial charge in [0.25, 0.3) is 0 Å². The van der Waals surface area contributed by atoms with Gasteiger partial charge in [-0.05, 0) is 0 Å². The molecule has 0 aromatic carbocycles. The maximum absolute atomic E-state index is 12.6. The lowest BCUT2D eigenvalue weighted by Gasteiger charge is -2.13. The molecule has 1 rings (SSSR count). The van der Waals surface area contributed by atoms with E-state index >= 15 is 0 Å². The lowest BCUT2D eigenvalue weighted by atomic mass is 10.5. The van der Waals surface area contributed by atoms with Crippen LogP contribution in [0.15, 0.2) is 52.3 Å². The Morgan fingerprint density at radius 1 is 0.600 bits per heavy atom. The molecule has 162 valence electrons. The van der Waals surface area contributed by atoms with E-state index in [1.165, 1.54) is 18.2 Å². The van der Waals surface area contributed by atoms with Gasteiger partial charge in [0, 0.05) is 0 Å². The van der Waals surface area contributed by atoms with Crippen molar-refractivity contribution in [3.63, 3.8) is 0 Å². The first kappa shape index (κ1) is 24.1. The van der Waals surface area contributed by atoms with Crippen LogP contribution in [-0.2, 0) is 48.2 Å². The molecular formula is C18H21N3O9. The molecule has 0 saturated heterocycles. The molecule has 0 fully saturated rings. The van der Waals surface area contributed by atoms with E-state index in [1.807, 2.05) is 0 Å². The molecule has 1 heterocycles. The molecule has 12 nitrogen and oxygen atoms in total. The maximum atomic E-state index is 12.6. The van der Waals surface area contributed by atoms with E-state index in [-0.39, 0.29) is 19.8 Å². The molecule has 0 unspecified atom stereocenters. The molecule has 0 saturated carbocycles. The van der Waals surface area contributed by atoms with Gasteiger partial charge in [0.15, 0.2) is 0 Å². The molecule has 0 radical (unpaired) electrons. The summed E-state index contributed by atoms with van der Waals surface area (Å²) in [5.41, 5.74) is -3.77. The lowest BCUT2D eigenvalue weighted by molar-refractivity contribution is -0.143. The van der Waals surface area contributed by atoms with Crippen molar-refractivity contribution in [2.45, 2.75) is 19.6 Å². The van der Waals surface area contributed by atoms with Crippen LogP contribution in [0.2, 0.25) is 0 Å². The first-order chi connectivity index (χ1) is 14.3. The second-order valence-electron chi connectivity index (χ2n) is 5.52. The van der Waals surface area contributed by atoms with Crippen LogP contribution in [0.3, 0.4) is 0 Å². The number of nitrogens with zero attached hydrogens (tertiary/aromatic N) is 3. The van der Waals surface area contributed by atoms with Gasteiger partial charge in [0.05, 0.1) is 0 Å².